The Kier molecular flexibility index (Phi) is 6.61. The number of benzene rings is 1. The van der Waals surface area contributed by atoms with Gasteiger partial charge in [-0.1, -0.05) is 18.2 Å². The predicted octanol–water partition coefficient (Wildman–Crippen LogP) is 1.50. The predicted molar refractivity (Wildman–Crippen MR) is 78.6 cm³/mol. The number of nitrogens with zero attached hydrogens (tertiary/aromatic N) is 1. The summed E-state index contributed by atoms with van der Waals surface area (Å²) in [7, 11) is 1.85. The number of carbonyl (C=O) groups is 1. The molecule has 1 amide bonds. The molecule has 0 aliphatic heterocycles. The van der Waals surface area contributed by atoms with Crippen LogP contribution < -0.4 is 11.1 Å². The topological polar surface area (TPSA) is 58.4 Å². The van der Waals surface area contributed by atoms with Crippen molar-refractivity contribution in [1.29, 1.82) is 0 Å². The molecule has 0 saturated heterocycles. The zero-order valence-electron chi connectivity index (χ0n) is 12.4. The van der Waals surface area contributed by atoms with Crippen molar-refractivity contribution < 1.29 is 9.18 Å². The second kappa shape index (κ2) is 7.97. The van der Waals surface area contributed by atoms with Crippen LogP contribution in [0, 0.1) is 5.82 Å². The third kappa shape index (κ3) is 5.27. The number of halogens is 1. The van der Waals surface area contributed by atoms with E-state index in [0.29, 0.717) is 25.1 Å². The minimum absolute atomic E-state index is 0.0316. The van der Waals surface area contributed by atoms with Gasteiger partial charge in [-0.2, -0.15) is 0 Å². The molecule has 0 fully saturated rings. The Labute approximate surface area is 120 Å². The number of nitrogens with two attached hydrogens (primary N) is 1. The summed E-state index contributed by atoms with van der Waals surface area (Å²) in [6.07, 6.45) is 0.319. The van der Waals surface area contributed by atoms with E-state index in [0.717, 1.165) is 0 Å². The van der Waals surface area contributed by atoms with Gasteiger partial charge >= 0.3 is 0 Å². The highest BCUT2D eigenvalue weighted by atomic mass is 19.1. The van der Waals surface area contributed by atoms with Gasteiger partial charge in [-0.05, 0) is 27.0 Å². The van der Waals surface area contributed by atoms with Gasteiger partial charge in [-0.25, -0.2) is 4.39 Å². The average molecular weight is 281 g/mol. The molecule has 0 heterocycles. The van der Waals surface area contributed by atoms with Gasteiger partial charge < -0.3 is 11.1 Å². The minimum atomic E-state index is -0.234. The molecule has 1 aromatic carbocycles. The maximum Gasteiger partial charge on any atom is 0.221 e. The van der Waals surface area contributed by atoms with Crippen LogP contribution in [0.25, 0.3) is 0 Å². The second-order valence-corrected chi connectivity index (χ2v) is 5.32. The molecule has 0 spiro atoms. The van der Waals surface area contributed by atoms with Crippen molar-refractivity contribution in [3.8, 4) is 0 Å². The first-order chi connectivity index (χ1) is 9.43. The Bertz CT molecular complexity index is 437. The number of likely N-dealkylation sites (N-methyl/N-ethyl adjacent to an activating group) is 1. The molecule has 5 heteroatoms. The molecule has 3 N–H and O–H groups in total. The fourth-order valence-electron chi connectivity index (χ4n) is 2.04. The third-order valence-electron chi connectivity index (χ3n) is 3.14. The summed E-state index contributed by atoms with van der Waals surface area (Å²) in [5.41, 5.74) is 6.34. The number of nitrogens with one attached hydrogen (secondary N) is 1. The molecule has 0 aliphatic rings. The van der Waals surface area contributed by atoms with Gasteiger partial charge in [0.2, 0.25) is 5.91 Å². The van der Waals surface area contributed by atoms with Crippen LogP contribution in [0.2, 0.25) is 0 Å². The van der Waals surface area contributed by atoms with Crippen LogP contribution in [0.15, 0.2) is 24.3 Å². The van der Waals surface area contributed by atoms with Crippen LogP contribution in [0.5, 0.6) is 0 Å². The lowest BCUT2D eigenvalue weighted by Gasteiger charge is -2.27. The first-order valence-corrected chi connectivity index (χ1v) is 6.87. The lowest BCUT2D eigenvalue weighted by molar-refractivity contribution is -0.122. The SMILES string of the molecule is CC(C)NC(=O)CC(CN)N(C)Cc1ccccc1F. The summed E-state index contributed by atoms with van der Waals surface area (Å²) >= 11 is 0. The van der Waals surface area contributed by atoms with E-state index in [1.54, 1.807) is 18.2 Å². The fraction of sp³-hybridized carbons (Fsp3) is 0.533. The maximum atomic E-state index is 13.6. The highest BCUT2D eigenvalue weighted by molar-refractivity contribution is 5.76. The molecule has 0 saturated carbocycles. The highest BCUT2D eigenvalue weighted by Gasteiger charge is 2.18. The van der Waals surface area contributed by atoms with E-state index < -0.39 is 0 Å². The van der Waals surface area contributed by atoms with E-state index in [9.17, 15) is 9.18 Å². The van der Waals surface area contributed by atoms with Crippen molar-refractivity contribution in [2.45, 2.75) is 38.9 Å². The zero-order chi connectivity index (χ0) is 15.1. The standard InChI is InChI=1S/C15H24FN3O/c1-11(2)18-15(20)8-13(9-17)19(3)10-12-6-4-5-7-14(12)16/h4-7,11,13H,8-10,17H2,1-3H3,(H,18,20). The Hall–Kier alpha value is -1.46. The number of rotatable bonds is 7. The van der Waals surface area contributed by atoms with Crippen LogP contribution in [-0.4, -0.2) is 36.5 Å². The van der Waals surface area contributed by atoms with Crippen LogP contribution in [-0.2, 0) is 11.3 Å². The Morgan fingerprint density at radius 1 is 1.40 bits per heavy atom. The quantitative estimate of drug-likeness (QED) is 0.796. The lowest BCUT2D eigenvalue weighted by atomic mass is 10.1. The number of hydrogen-bond acceptors (Lipinski definition) is 3. The number of amides is 1. The normalized spacial score (nSPS) is 12.8. The van der Waals surface area contributed by atoms with E-state index in [1.165, 1.54) is 6.07 Å². The molecule has 1 rings (SSSR count). The Morgan fingerprint density at radius 2 is 2.05 bits per heavy atom. The third-order valence-corrected chi connectivity index (χ3v) is 3.14. The van der Waals surface area contributed by atoms with E-state index in [-0.39, 0.29) is 23.8 Å². The Balaban J connectivity index is 2.61. The van der Waals surface area contributed by atoms with Crippen molar-refractivity contribution in [2.75, 3.05) is 13.6 Å². The summed E-state index contributed by atoms with van der Waals surface area (Å²) in [6.45, 7) is 4.62. The van der Waals surface area contributed by atoms with E-state index in [1.807, 2.05) is 25.8 Å². The van der Waals surface area contributed by atoms with Crippen molar-refractivity contribution in [2.24, 2.45) is 5.73 Å². The van der Waals surface area contributed by atoms with Gasteiger partial charge in [0.15, 0.2) is 0 Å². The van der Waals surface area contributed by atoms with Gasteiger partial charge in [0.05, 0.1) is 0 Å². The smallest absolute Gasteiger partial charge is 0.221 e. The van der Waals surface area contributed by atoms with Gasteiger partial charge in [-0.3, -0.25) is 9.69 Å². The summed E-state index contributed by atoms with van der Waals surface area (Å²) in [5, 5.41) is 2.84. The molecular formula is C15H24FN3O. The van der Waals surface area contributed by atoms with Gasteiger partial charge in [0.25, 0.3) is 0 Å². The molecule has 0 radical (unpaired) electrons. The summed E-state index contributed by atoms with van der Waals surface area (Å²) < 4.78 is 13.6. The van der Waals surface area contributed by atoms with Gasteiger partial charge in [0, 0.05) is 37.2 Å². The van der Waals surface area contributed by atoms with Crippen molar-refractivity contribution in [1.82, 2.24) is 10.2 Å². The molecule has 112 valence electrons. The van der Waals surface area contributed by atoms with Crippen molar-refractivity contribution in [3.05, 3.63) is 35.6 Å². The minimum Gasteiger partial charge on any atom is -0.354 e. The molecule has 1 aromatic rings. The van der Waals surface area contributed by atoms with Crippen LogP contribution in [0.4, 0.5) is 4.39 Å². The summed E-state index contributed by atoms with van der Waals surface area (Å²) in [6, 6.07) is 6.65. The average Bonchev–Trinajstić information content (AvgIpc) is 2.37. The molecule has 20 heavy (non-hydrogen) atoms. The highest BCUT2D eigenvalue weighted by Crippen LogP contribution is 2.12. The largest absolute Gasteiger partial charge is 0.354 e. The fourth-order valence-corrected chi connectivity index (χ4v) is 2.04. The molecule has 1 atom stereocenters. The zero-order valence-corrected chi connectivity index (χ0v) is 12.4. The monoisotopic (exact) mass is 281 g/mol. The summed E-state index contributed by atoms with van der Waals surface area (Å²) in [5.74, 6) is -0.266. The van der Waals surface area contributed by atoms with Crippen LogP contribution >= 0.6 is 0 Å². The Morgan fingerprint density at radius 3 is 2.60 bits per heavy atom. The van der Waals surface area contributed by atoms with Gasteiger partial charge in [-0.15, -0.1) is 0 Å². The molecular weight excluding hydrogens is 257 g/mol. The van der Waals surface area contributed by atoms with Crippen molar-refractivity contribution in [3.63, 3.8) is 0 Å². The van der Waals surface area contributed by atoms with Crippen molar-refractivity contribution >= 4 is 5.91 Å². The van der Waals surface area contributed by atoms with E-state index in [2.05, 4.69) is 5.32 Å². The summed E-state index contributed by atoms with van der Waals surface area (Å²) in [4.78, 5) is 13.7. The molecule has 4 nitrogen and oxygen atoms in total. The lowest BCUT2D eigenvalue weighted by Crippen LogP contribution is -2.42. The maximum absolute atomic E-state index is 13.6. The molecule has 0 aromatic heterocycles. The van der Waals surface area contributed by atoms with E-state index >= 15 is 0 Å². The van der Waals surface area contributed by atoms with Gasteiger partial charge in [0.1, 0.15) is 5.82 Å². The molecule has 1 unspecified atom stereocenters. The first kappa shape index (κ1) is 16.6. The van der Waals surface area contributed by atoms with Crippen LogP contribution in [0.3, 0.4) is 0 Å². The van der Waals surface area contributed by atoms with Crippen LogP contribution in [0.1, 0.15) is 25.8 Å². The molecule has 0 bridgehead atoms. The first-order valence-electron chi connectivity index (χ1n) is 6.87. The van der Waals surface area contributed by atoms with E-state index in [4.69, 9.17) is 5.73 Å². The second-order valence-electron chi connectivity index (χ2n) is 5.32. The number of carbonyl (C=O) groups excluding carboxylic acids is 1. The molecule has 0 aliphatic carbocycles. The number of hydrogen-bond donors (Lipinski definition) is 2.